The van der Waals surface area contributed by atoms with E-state index in [4.69, 9.17) is 0 Å². The molecule has 1 aromatic carbocycles. The molecule has 1 N–H and O–H groups in total. The quantitative estimate of drug-likeness (QED) is 0.515. The standard InChI is InChI=1S/C13H13N3O2S/c1-14-13-10(3-2-8-15-13)9-19-12-6-4-11(5-7-12)16(17)18/h2-8H,9H2,1H3,(H,14,15). The Bertz CT molecular complexity index is 572. The van der Waals surface area contributed by atoms with Crippen molar-refractivity contribution in [1.29, 1.82) is 0 Å². The Morgan fingerprint density at radius 3 is 2.68 bits per heavy atom. The normalized spacial score (nSPS) is 10.2. The third kappa shape index (κ3) is 3.45. The van der Waals surface area contributed by atoms with Gasteiger partial charge >= 0.3 is 0 Å². The number of non-ortho nitro benzene ring substituents is 1. The highest BCUT2D eigenvalue weighted by Gasteiger charge is 2.06. The van der Waals surface area contributed by atoms with Crippen LogP contribution in [0.2, 0.25) is 0 Å². The molecule has 0 bridgehead atoms. The molecule has 0 spiro atoms. The number of nitro groups is 1. The summed E-state index contributed by atoms with van der Waals surface area (Å²) in [5.41, 5.74) is 1.22. The summed E-state index contributed by atoms with van der Waals surface area (Å²) in [6.45, 7) is 0. The van der Waals surface area contributed by atoms with E-state index in [1.807, 2.05) is 19.2 Å². The number of rotatable bonds is 5. The number of anilines is 1. The summed E-state index contributed by atoms with van der Waals surface area (Å²) in [4.78, 5) is 15.4. The molecule has 2 rings (SSSR count). The smallest absolute Gasteiger partial charge is 0.269 e. The first kappa shape index (κ1) is 13.4. The Morgan fingerprint density at radius 2 is 2.05 bits per heavy atom. The lowest BCUT2D eigenvalue weighted by Gasteiger charge is -2.07. The van der Waals surface area contributed by atoms with Crippen molar-refractivity contribution in [2.24, 2.45) is 0 Å². The lowest BCUT2D eigenvalue weighted by molar-refractivity contribution is -0.384. The third-order valence-electron chi connectivity index (χ3n) is 2.57. The Balaban J connectivity index is 2.04. The summed E-state index contributed by atoms with van der Waals surface area (Å²) >= 11 is 1.62. The van der Waals surface area contributed by atoms with E-state index in [1.54, 1.807) is 30.1 Å². The van der Waals surface area contributed by atoms with Gasteiger partial charge in [0.25, 0.3) is 5.69 Å². The molecule has 0 saturated carbocycles. The number of benzene rings is 1. The minimum absolute atomic E-state index is 0.113. The average molecular weight is 275 g/mol. The SMILES string of the molecule is CNc1ncccc1CSc1ccc([N+](=O)[O-])cc1. The van der Waals surface area contributed by atoms with Crippen molar-refractivity contribution in [3.8, 4) is 0 Å². The molecule has 0 amide bonds. The summed E-state index contributed by atoms with van der Waals surface area (Å²) in [6.07, 6.45) is 1.74. The van der Waals surface area contributed by atoms with E-state index in [0.717, 1.165) is 22.0 Å². The number of pyridine rings is 1. The third-order valence-corrected chi connectivity index (χ3v) is 3.63. The van der Waals surface area contributed by atoms with Crippen LogP contribution in [0.1, 0.15) is 5.56 Å². The summed E-state index contributed by atoms with van der Waals surface area (Å²) in [7, 11) is 1.84. The Labute approximate surface area is 115 Å². The number of aromatic nitrogens is 1. The largest absolute Gasteiger partial charge is 0.373 e. The minimum atomic E-state index is -0.394. The van der Waals surface area contributed by atoms with E-state index in [9.17, 15) is 10.1 Å². The fourth-order valence-electron chi connectivity index (χ4n) is 1.61. The van der Waals surface area contributed by atoms with Gasteiger partial charge in [-0.15, -0.1) is 11.8 Å². The molecule has 2 aromatic rings. The van der Waals surface area contributed by atoms with Crippen molar-refractivity contribution < 1.29 is 4.92 Å². The Kier molecular flexibility index (Phi) is 4.35. The fraction of sp³-hybridized carbons (Fsp3) is 0.154. The second kappa shape index (κ2) is 6.19. The van der Waals surface area contributed by atoms with E-state index >= 15 is 0 Å². The van der Waals surface area contributed by atoms with E-state index in [1.165, 1.54) is 12.1 Å². The van der Waals surface area contributed by atoms with Gasteiger partial charge in [-0.05, 0) is 18.2 Å². The molecular formula is C13H13N3O2S. The van der Waals surface area contributed by atoms with Gasteiger partial charge in [0.05, 0.1) is 4.92 Å². The van der Waals surface area contributed by atoms with Crippen LogP contribution in [-0.4, -0.2) is 17.0 Å². The Morgan fingerprint density at radius 1 is 1.32 bits per heavy atom. The number of nitrogens with one attached hydrogen (secondary N) is 1. The number of nitrogens with zero attached hydrogens (tertiary/aromatic N) is 2. The monoisotopic (exact) mass is 275 g/mol. The van der Waals surface area contributed by atoms with Crippen molar-refractivity contribution in [1.82, 2.24) is 4.98 Å². The van der Waals surface area contributed by atoms with Gasteiger partial charge in [-0.3, -0.25) is 10.1 Å². The second-order valence-electron chi connectivity index (χ2n) is 3.80. The molecule has 0 aliphatic carbocycles. The predicted molar refractivity (Wildman–Crippen MR) is 76.4 cm³/mol. The zero-order valence-electron chi connectivity index (χ0n) is 10.4. The van der Waals surface area contributed by atoms with Gasteiger partial charge in [-0.2, -0.15) is 0 Å². The summed E-state index contributed by atoms with van der Waals surface area (Å²) in [5.74, 6) is 1.62. The first-order valence-corrected chi connectivity index (χ1v) is 6.68. The number of nitro benzene ring substituents is 1. The first-order chi connectivity index (χ1) is 9.20. The first-order valence-electron chi connectivity index (χ1n) is 5.69. The van der Waals surface area contributed by atoms with Gasteiger partial charge in [-0.1, -0.05) is 6.07 Å². The zero-order chi connectivity index (χ0) is 13.7. The van der Waals surface area contributed by atoms with Gasteiger partial charge in [0.2, 0.25) is 0 Å². The molecular weight excluding hydrogens is 262 g/mol. The number of hydrogen-bond donors (Lipinski definition) is 1. The summed E-state index contributed by atoms with van der Waals surface area (Å²) in [5, 5.41) is 13.6. The molecule has 98 valence electrons. The summed E-state index contributed by atoms with van der Waals surface area (Å²) < 4.78 is 0. The number of hydrogen-bond acceptors (Lipinski definition) is 5. The minimum Gasteiger partial charge on any atom is -0.373 e. The van der Waals surface area contributed by atoms with Crippen LogP contribution in [0.25, 0.3) is 0 Å². The topological polar surface area (TPSA) is 68.1 Å². The predicted octanol–water partition coefficient (Wildman–Crippen LogP) is 3.32. The lowest BCUT2D eigenvalue weighted by atomic mass is 10.3. The van der Waals surface area contributed by atoms with Crippen LogP contribution < -0.4 is 5.32 Å². The van der Waals surface area contributed by atoms with Crippen LogP contribution in [-0.2, 0) is 5.75 Å². The second-order valence-corrected chi connectivity index (χ2v) is 4.85. The molecule has 0 saturated heterocycles. The van der Waals surface area contributed by atoms with Crippen LogP contribution in [0.4, 0.5) is 11.5 Å². The van der Waals surface area contributed by atoms with Gasteiger partial charge in [0.15, 0.2) is 0 Å². The molecule has 0 radical (unpaired) electrons. The highest BCUT2D eigenvalue weighted by molar-refractivity contribution is 7.98. The zero-order valence-corrected chi connectivity index (χ0v) is 11.2. The van der Waals surface area contributed by atoms with E-state index in [-0.39, 0.29) is 5.69 Å². The van der Waals surface area contributed by atoms with Crippen LogP contribution in [0.5, 0.6) is 0 Å². The van der Waals surface area contributed by atoms with Crippen LogP contribution >= 0.6 is 11.8 Å². The molecule has 5 nitrogen and oxygen atoms in total. The molecule has 1 aromatic heterocycles. The fourth-order valence-corrected chi connectivity index (χ4v) is 2.49. The van der Waals surface area contributed by atoms with E-state index < -0.39 is 4.92 Å². The molecule has 1 heterocycles. The van der Waals surface area contributed by atoms with Crippen molar-refractivity contribution in [3.63, 3.8) is 0 Å². The maximum Gasteiger partial charge on any atom is 0.269 e. The summed E-state index contributed by atoms with van der Waals surface area (Å²) in [6, 6.07) is 10.5. The lowest BCUT2D eigenvalue weighted by Crippen LogP contribution is -1.96. The van der Waals surface area contributed by atoms with Gasteiger partial charge < -0.3 is 5.32 Å². The van der Waals surface area contributed by atoms with Gasteiger partial charge in [-0.25, -0.2) is 4.98 Å². The van der Waals surface area contributed by atoms with Crippen LogP contribution in [0, 0.1) is 10.1 Å². The average Bonchev–Trinajstić information content (AvgIpc) is 2.45. The van der Waals surface area contributed by atoms with Gasteiger partial charge in [0, 0.05) is 41.6 Å². The van der Waals surface area contributed by atoms with E-state index in [0.29, 0.717) is 0 Å². The van der Waals surface area contributed by atoms with Crippen LogP contribution in [0.15, 0.2) is 47.5 Å². The molecule has 19 heavy (non-hydrogen) atoms. The van der Waals surface area contributed by atoms with Crippen molar-refractivity contribution in [2.75, 3.05) is 12.4 Å². The molecule has 0 aliphatic rings. The van der Waals surface area contributed by atoms with Crippen molar-refractivity contribution >= 4 is 23.3 Å². The highest BCUT2D eigenvalue weighted by Crippen LogP contribution is 2.26. The Hall–Kier alpha value is -2.08. The maximum absolute atomic E-state index is 10.6. The van der Waals surface area contributed by atoms with Crippen LogP contribution in [0.3, 0.4) is 0 Å². The number of thioether (sulfide) groups is 1. The highest BCUT2D eigenvalue weighted by atomic mass is 32.2. The van der Waals surface area contributed by atoms with Crippen molar-refractivity contribution in [2.45, 2.75) is 10.6 Å². The maximum atomic E-state index is 10.6. The van der Waals surface area contributed by atoms with Crippen molar-refractivity contribution in [3.05, 3.63) is 58.3 Å². The van der Waals surface area contributed by atoms with E-state index in [2.05, 4.69) is 10.3 Å². The molecule has 6 heteroatoms. The molecule has 0 fully saturated rings. The molecule has 0 unspecified atom stereocenters. The molecule has 0 aliphatic heterocycles. The van der Waals surface area contributed by atoms with Gasteiger partial charge in [0.1, 0.15) is 5.82 Å². The molecule has 0 atom stereocenters.